The average Bonchev–Trinajstić information content (AvgIpc) is 2.55. The van der Waals surface area contributed by atoms with Gasteiger partial charge in [0.15, 0.2) is 0 Å². The molecule has 0 fully saturated rings. The zero-order valence-electron chi connectivity index (χ0n) is 14.1. The van der Waals surface area contributed by atoms with E-state index < -0.39 is 4.92 Å². The van der Waals surface area contributed by atoms with Gasteiger partial charge >= 0.3 is 0 Å². The zero-order chi connectivity index (χ0) is 17.5. The summed E-state index contributed by atoms with van der Waals surface area (Å²) < 4.78 is 10.8. The van der Waals surface area contributed by atoms with E-state index in [0.29, 0.717) is 24.0 Å². The van der Waals surface area contributed by atoms with Gasteiger partial charge in [-0.15, -0.1) is 0 Å². The van der Waals surface area contributed by atoms with Crippen LogP contribution in [0.3, 0.4) is 0 Å². The lowest BCUT2D eigenvalue weighted by Gasteiger charge is -2.11. The molecule has 0 atom stereocenters. The minimum Gasteiger partial charge on any atom is -0.497 e. The summed E-state index contributed by atoms with van der Waals surface area (Å²) in [7, 11) is 1.52. The van der Waals surface area contributed by atoms with Crippen LogP contribution in [0.1, 0.15) is 20.3 Å². The second-order valence-electron chi connectivity index (χ2n) is 5.82. The highest BCUT2D eigenvalue weighted by Crippen LogP contribution is 2.31. The summed E-state index contributed by atoms with van der Waals surface area (Å²) in [4.78, 5) is 10.7. The van der Waals surface area contributed by atoms with Crippen molar-refractivity contribution in [1.29, 1.82) is 0 Å². The lowest BCUT2D eigenvalue weighted by molar-refractivity contribution is -0.383. The van der Waals surface area contributed by atoms with Crippen LogP contribution in [0.4, 0.5) is 17.1 Å². The first-order valence-electron chi connectivity index (χ1n) is 7.82. The molecule has 0 aliphatic rings. The van der Waals surface area contributed by atoms with Gasteiger partial charge in [-0.1, -0.05) is 13.8 Å². The van der Waals surface area contributed by atoms with Crippen molar-refractivity contribution >= 4 is 17.1 Å². The maximum atomic E-state index is 11.1. The lowest BCUT2D eigenvalue weighted by Crippen LogP contribution is -2.01. The number of ether oxygens (including phenoxy) is 2. The number of hydrogen-bond acceptors (Lipinski definition) is 5. The molecule has 0 aromatic heterocycles. The highest BCUT2D eigenvalue weighted by atomic mass is 16.6. The fourth-order valence-corrected chi connectivity index (χ4v) is 2.10. The van der Waals surface area contributed by atoms with Crippen LogP contribution >= 0.6 is 0 Å². The predicted octanol–water partition coefficient (Wildman–Crippen LogP) is 4.77. The van der Waals surface area contributed by atoms with Gasteiger partial charge in [-0.2, -0.15) is 0 Å². The molecule has 2 aromatic carbocycles. The normalized spacial score (nSPS) is 10.5. The Morgan fingerprint density at radius 3 is 2.38 bits per heavy atom. The van der Waals surface area contributed by atoms with Gasteiger partial charge in [0.05, 0.1) is 18.6 Å². The minimum absolute atomic E-state index is 0.00643. The molecule has 24 heavy (non-hydrogen) atoms. The molecule has 1 N–H and O–H groups in total. The molecule has 0 saturated carbocycles. The molecule has 0 unspecified atom stereocenters. The van der Waals surface area contributed by atoms with Gasteiger partial charge in [0, 0.05) is 17.8 Å². The second-order valence-corrected chi connectivity index (χ2v) is 5.82. The Kier molecular flexibility index (Phi) is 6.01. The second kappa shape index (κ2) is 8.19. The Bertz CT molecular complexity index is 684. The topological polar surface area (TPSA) is 73.6 Å². The Balaban J connectivity index is 2.09. The summed E-state index contributed by atoms with van der Waals surface area (Å²) in [5.41, 5.74) is 1.11. The van der Waals surface area contributed by atoms with E-state index >= 15 is 0 Å². The summed E-state index contributed by atoms with van der Waals surface area (Å²) in [6.45, 7) is 4.97. The van der Waals surface area contributed by atoms with E-state index in [1.54, 1.807) is 12.1 Å². The third-order valence-corrected chi connectivity index (χ3v) is 3.50. The third kappa shape index (κ3) is 4.87. The van der Waals surface area contributed by atoms with Crippen LogP contribution in [0.15, 0.2) is 42.5 Å². The molecule has 6 nitrogen and oxygen atoms in total. The van der Waals surface area contributed by atoms with Crippen LogP contribution in [-0.4, -0.2) is 18.6 Å². The van der Waals surface area contributed by atoms with Crippen LogP contribution in [0.5, 0.6) is 11.5 Å². The fourth-order valence-electron chi connectivity index (χ4n) is 2.10. The number of nitrogens with zero attached hydrogens (tertiary/aromatic N) is 1. The van der Waals surface area contributed by atoms with E-state index in [1.165, 1.54) is 13.2 Å². The van der Waals surface area contributed by atoms with E-state index in [-0.39, 0.29) is 5.69 Å². The average molecular weight is 330 g/mol. The molecule has 0 aliphatic heterocycles. The summed E-state index contributed by atoms with van der Waals surface area (Å²) in [6, 6.07) is 11.9. The van der Waals surface area contributed by atoms with E-state index in [2.05, 4.69) is 19.2 Å². The van der Waals surface area contributed by atoms with Crippen LogP contribution in [0.25, 0.3) is 0 Å². The van der Waals surface area contributed by atoms with E-state index in [4.69, 9.17) is 9.47 Å². The quantitative estimate of drug-likeness (QED) is 0.557. The van der Waals surface area contributed by atoms with Crippen molar-refractivity contribution in [3.8, 4) is 11.5 Å². The van der Waals surface area contributed by atoms with Gasteiger partial charge in [-0.25, -0.2) is 0 Å². The van der Waals surface area contributed by atoms with Gasteiger partial charge in [-0.05, 0) is 42.7 Å². The smallest absolute Gasteiger partial charge is 0.292 e. The van der Waals surface area contributed by atoms with E-state index in [1.807, 2.05) is 24.3 Å². The van der Waals surface area contributed by atoms with Crippen LogP contribution in [0, 0.1) is 16.0 Å². The number of nitro groups is 1. The summed E-state index contributed by atoms with van der Waals surface area (Å²) >= 11 is 0. The van der Waals surface area contributed by atoms with Gasteiger partial charge in [0.2, 0.25) is 0 Å². The number of anilines is 2. The number of rotatable bonds is 8. The van der Waals surface area contributed by atoms with E-state index in [9.17, 15) is 10.1 Å². The van der Waals surface area contributed by atoms with Crippen molar-refractivity contribution < 1.29 is 14.4 Å². The molecule has 2 aromatic rings. The number of nitro benzene ring substituents is 1. The molecular weight excluding hydrogens is 308 g/mol. The largest absolute Gasteiger partial charge is 0.497 e. The molecule has 0 aliphatic carbocycles. The van der Waals surface area contributed by atoms with Crippen LogP contribution < -0.4 is 14.8 Å². The van der Waals surface area contributed by atoms with Crippen molar-refractivity contribution in [1.82, 2.24) is 0 Å². The number of methoxy groups -OCH3 is 1. The van der Waals surface area contributed by atoms with Gasteiger partial charge in [-0.3, -0.25) is 10.1 Å². The first-order chi connectivity index (χ1) is 11.5. The first kappa shape index (κ1) is 17.6. The molecule has 2 rings (SSSR count). The van der Waals surface area contributed by atoms with Crippen LogP contribution in [-0.2, 0) is 0 Å². The molecule has 128 valence electrons. The molecule has 0 amide bonds. The molecule has 0 saturated heterocycles. The highest BCUT2D eigenvalue weighted by molar-refractivity contribution is 5.71. The molecule has 6 heteroatoms. The van der Waals surface area contributed by atoms with Crippen molar-refractivity contribution in [2.45, 2.75) is 20.3 Å². The number of benzene rings is 2. The minimum atomic E-state index is -0.425. The van der Waals surface area contributed by atoms with Crippen molar-refractivity contribution in [3.05, 3.63) is 52.6 Å². The molecule has 0 heterocycles. The maximum absolute atomic E-state index is 11.1. The molecule has 0 bridgehead atoms. The SMILES string of the molecule is COc1ccc([N+](=O)[O-])c(Nc2ccc(OCCC(C)C)cc2)c1. The Hall–Kier alpha value is -2.76. The Labute approximate surface area is 141 Å². The summed E-state index contributed by atoms with van der Waals surface area (Å²) in [6.07, 6.45) is 0.996. The number of nitrogens with one attached hydrogen (secondary N) is 1. The monoisotopic (exact) mass is 330 g/mol. The van der Waals surface area contributed by atoms with Crippen molar-refractivity contribution in [2.24, 2.45) is 5.92 Å². The van der Waals surface area contributed by atoms with Gasteiger partial charge in [0.1, 0.15) is 17.2 Å². The highest BCUT2D eigenvalue weighted by Gasteiger charge is 2.14. The standard InChI is InChI=1S/C18H22N2O4/c1-13(2)10-11-24-15-6-4-14(5-7-15)19-17-12-16(23-3)8-9-18(17)20(21)22/h4-9,12-13,19H,10-11H2,1-3H3. The fraction of sp³-hybridized carbons (Fsp3) is 0.333. The molecule has 0 spiro atoms. The zero-order valence-corrected chi connectivity index (χ0v) is 14.1. The third-order valence-electron chi connectivity index (χ3n) is 3.50. The van der Waals surface area contributed by atoms with Crippen molar-refractivity contribution in [2.75, 3.05) is 19.0 Å². The summed E-state index contributed by atoms with van der Waals surface area (Å²) in [5.74, 6) is 1.93. The first-order valence-corrected chi connectivity index (χ1v) is 7.82. The Morgan fingerprint density at radius 1 is 1.12 bits per heavy atom. The van der Waals surface area contributed by atoms with E-state index in [0.717, 1.165) is 17.9 Å². The lowest BCUT2D eigenvalue weighted by atomic mass is 10.1. The number of hydrogen-bond donors (Lipinski definition) is 1. The molecular formula is C18H22N2O4. The molecule has 0 radical (unpaired) electrons. The summed E-state index contributed by atoms with van der Waals surface area (Å²) in [5, 5.41) is 14.2. The van der Waals surface area contributed by atoms with Gasteiger partial charge in [0.25, 0.3) is 5.69 Å². The van der Waals surface area contributed by atoms with Crippen molar-refractivity contribution in [3.63, 3.8) is 0 Å². The van der Waals surface area contributed by atoms with Crippen LogP contribution in [0.2, 0.25) is 0 Å². The predicted molar refractivity (Wildman–Crippen MR) is 94.3 cm³/mol. The Morgan fingerprint density at radius 2 is 1.79 bits per heavy atom. The van der Waals surface area contributed by atoms with Gasteiger partial charge < -0.3 is 14.8 Å². The maximum Gasteiger partial charge on any atom is 0.292 e.